The first-order chi connectivity index (χ1) is 7.11. The van der Waals surface area contributed by atoms with Gasteiger partial charge >= 0.3 is 0 Å². The van der Waals surface area contributed by atoms with Crippen molar-refractivity contribution in [2.75, 3.05) is 0 Å². The molecule has 0 spiro atoms. The maximum atomic E-state index is 12.1. The first-order valence-electron chi connectivity index (χ1n) is 5.63. The molecule has 82 valence electrons. The van der Waals surface area contributed by atoms with Crippen molar-refractivity contribution < 1.29 is 14.3 Å². The van der Waals surface area contributed by atoms with Crippen LogP contribution >= 0.6 is 0 Å². The third-order valence-corrected chi connectivity index (χ3v) is 3.83. The predicted molar refractivity (Wildman–Crippen MR) is 51.9 cm³/mol. The van der Waals surface area contributed by atoms with E-state index >= 15 is 0 Å². The Morgan fingerprint density at radius 2 is 1.60 bits per heavy atom. The molecule has 3 rings (SSSR count). The molecule has 15 heavy (non-hydrogen) atoms. The second kappa shape index (κ2) is 2.82. The minimum absolute atomic E-state index is 0.00722. The lowest BCUT2D eigenvalue weighted by Gasteiger charge is -2.20. The second-order valence-corrected chi connectivity index (χ2v) is 4.98. The van der Waals surface area contributed by atoms with Crippen molar-refractivity contribution in [3.63, 3.8) is 0 Å². The van der Waals surface area contributed by atoms with E-state index in [1.165, 1.54) is 4.90 Å². The van der Waals surface area contributed by atoms with Gasteiger partial charge in [-0.1, -0.05) is 0 Å². The fraction of sp³-hybridized carbons (Fsp3) is 0.818. The van der Waals surface area contributed by atoms with Crippen LogP contribution in [0.15, 0.2) is 0 Å². The molecule has 3 heterocycles. The van der Waals surface area contributed by atoms with E-state index in [1.54, 1.807) is 0 Å². The molecule has 0 radical (unpaired) electrons. The first kappa shape index (κ1) is 9.33. The molecule has 3 saturated heterocycles. The highest BCUT2D eigenvalue weighted by Crippen LogP contribution is 2.48. The van der Waals surface area contributed by atoms with Gasteiger partial charge in [0.25, 0.3) is 0 Å². The lowest BCUT2D eigenvalue weighted by atomic mass is 9.81. The van der Waals surface area contributed by atoms with Crippen LogP contribution in [0.3, 0.4) is 0 Å². The van der Waals surface area contributed by atoms with Gasteiger partial charge in [0.2, 0.25) is 11.8 Å². The summed E-state index contributed by atoms with van der Waals surface area (Å²) in [6.45, 7) is 3.78. The van der Waals surface area contributed by atoms with Gasteiger partial charge in [-0.3, -0.25) is 14.5 Å². The number of hydrogen-bond donors (Lipinski definition) is 0. The van der Waals surface area contributed by atoms with Crippen molar-refractivity contribution in [1.29, 1.82) is 0 Å². The Morgan fingerprint density at radius 3 is 2.00 bits per heavy atom. The molecule has 0 aromatic carbocycles. The third kappa shape index (κ3) is 1.00. The normalized spacial score (nSPS) is 43.3. The Balaban J connectivity index is 1.97. The minimum Gasteiger partial charge on any atom is -0.373 e. The van der Waals surface area contributed by atoms with Crippen molar-refractivity contribution in [2.24, 2.45) is 11.8 Å². The summed E-state index contributed by atoms with van der Waals surface area (Å²) in [5.41, 5.74) is 0. The Morgan fingerprint density at radius 1 is 1.13 bits per heavy atom. The molecular weight excluding hydrogens is 194 g/mol. The monoisotopic (exact) mass is 209 g/mol. The van der Waals surface area contributed by atoms with Crippen LogP contribution in [0.1, 0.15) is 26.7 Å². The van der Waals surface area contributed by atoms with Gasteiger partial charge in [0.15, 0.2) is 0 Å². The zero-order chi connectivity index (χ0) is 10.7. The molecule has 2 bridgehead atoms. The number of carbonyl (C=O) groups is 2. The molecule has 0 N–H and O–H groups in total. The lowest BCUT2D eigenvalue weighted by Crippen LogP contribution is -2.39. The quantitative estimate of drug-likeness (QED) is 0.593. The van der Waals surface area contributed by atoms with Gasteiger partial charge in [-0.15, -0.1) is 0 Å². The van der Waals surface area contributed by atoms with Gasteiger partial charge < -0.3 is 4.74 Å². The van der Waals surface area contributed by atoms with Gasteiger partial charge in [-0.2, -0.15) is 0 Å². The Kier molecular flexibility index (Phi) is 1.75. The number of likely N-dealkylation sites (tertiary alicyclic amines) is 1. The molecule has 0 aromatic heterocycles. The molecule has 4 unspecified atom stereocenters. The number of rotatable bonds is 1. The van der Waals surface area contributed by atoms with Gasteiger partial charge in [-0.25, -0.2) is 0 Å². The largest absolute Gasteiger partial charge is 0.373 e. The highest BCUT2D eigenvalue weighted by molar-refractivity contribution is 6.06. The van der Waals surface area contributed by atoms with Crippen LogP contribution in [-0.4, -0.2) is 35.0 Å². The van der Waals surface area contributed by atoms with Crippen molar-refractivity contribution in [3.8, 4) is 0 Å². The summed E-state index contributed by atoms with van der Waals surface area (Å²) >= 11 is 0. The predicted octanol–water partition coefficient (Wildman–Crippen LogP) is 0.557. The molecule has 2 amide bonds. The zero-order valence-corrected chi connectivity index (χ0v) is 8.97. The number of ether oxygens (including phenoxy) is 1. The van der Waals surface area contributed by atoms with Gasteiger partial charge in [0.1, 0.15) is 0 Å². The smallest absolute Gasteiger partial charge is 0.236 e. The molecule has 0 aromatic rings. The van der Waals surface area contributed by atoms with Crippen LogP contribution in [0.4, 0.5) is 0 Å². The SMILES string of the molecule is CC(C)N1C(=O)C2C3CCC(O3)C2C1=O. The summed E-state index contributed by atoms with van der Waals surface area (Å²) in [6.07, 6.45) is 1.91. The van der Waals surface area contributed by atoms with E-state index in [-0.39, 0.29) is 41.9 Å². The van der Waals surface area contributed by atoms with Crippen LogP contribution in [0.25, 0.3) is 0 Å². The summed E-state index contributed by atoms with van der Waals surface area (Å²) in [5, 5.41) is 0. The summed E-state index contributed by atoms with van der Waals surface area (Å²) in [6, 6.07) is -0.0185. The van der Waals surface area contributed by atoms with E-state index in [0.717, 1.165) is 12.8 Å². The number of carbonyl (C=O) groups excluding carboxylic acids is 2. The highest BCUT2D eigenvalue weighted by Gasteiger charge is 2.62. The standard InChI is InChI=1S/C11H15NO3/c1-5(2)12-10(13)8-6-3-4-7(15-6)9(8)11(12)14/h5-9H,3-4H2,1-2H3. The maximum absolute atomic E-state index is 12.1. The second-order valence-electron chi connectivity index (χ2n) is 4.98. The van der Waals surface area contributed by atoms with Crippen LogP contribution < -0.4 is 0 Å². The van der Waals surface area contributed by atoms with E-state index < -0.39 is 0 Å². The van der Waals surface area contributed by atoms with Crippen molar-refractivity contribution in [1.82, 2.24) is 4.90 Å². The van der Waals surface area contributed by atoms with Crippen LogP contribution in [0, 0.1) is 11.8 Å². The molecule has 3 aliphatic rings. The molecule has 0 aliphatic carbocycles. The number of hydrogen-bond acceptors (Lipinski definition) is 3. The maximum Gasteiger partial charge on any atom is 0.236 e. The number of amides is 2. The van der Waals surface area contributed by atoms with Crippen LogP contribution in [0.5, 0.6) is 0 Å². The van der Waals surface area contributed by atoms with Crippen molar-refractivity contribution >= 4 is 11.8 Å². The van der Waals surface area contributed by atoms with Crippen molar-refractivity contribution in [2.45, 2.75) is 44.9 Å². The summed E-state index contributed by atoms with van der Waals surface area (Å²) in [4.78, 5) is 25.5. The Hall–Kier alpha value is -0.900. The van der Waals surface area contributed by atoms with Gasteiger partial charge in [0.05, 0.1) is 24.0 Å². The Bertz CT molecular complexity index is 311. The van der Waals surface area contributed by atoms with Crippen LogP contribution in [-0.2, 0) is 14.3 Å². The fourth-order valence-corrected chi connectivity index (χ4v) is 3.24. The van der Waals surface area contributed by atoms with E-state index in [0.29, 0.717) is 0 Å². The minimum atomic E-state index is -0.168. The average Bonchev–Trinajstić information content (AvgIpc) is 2.79. The molecular formula is C11H15NO3. The summed E-state index contributed by atoms with van der Waals surface area (Å²) in [7, 11) is 0. The summed E-state index contributed by atoms with van der Waals surface area (Å²) in [5.74, 6) is -0.350. The number of nitrogens with zero attached hydrogens (tertiary/aromatic N) is 1. The van der Waals surface area contributed by atoms with Crippen molar-refractivity contribution in [3.05, 3.63) is 0 Å². The first-order valence-corrected chi connectivity index (χ1v) is 5.63. The van der Waals surface area contributed by atoms with Crippen LogP contribution in [0.2, 0.25) is 0 Å². The molecule has 0 saturated carbocycles. The highest BCUT2D eigenvalue weighted by atomic mass is 16.5. The van der Waals surface area contributed by atoms with E-state index in [9.17, 15) is 9.59 Å². The average molecular weight is 209 g/mol. The third-order valence-electron chi connectivity index (χ3n) is 3.83. The lowest BCUT2D eigenvalue weighted by molar-refractivity contribution is -0.144. The summed E-state index contributed by atoms with van der Waals surface area (Å²) < 4.78 is 5.64. The van der Waals surface area contributed by atoms with Gasteiger partial charge in [0, 0.05) is 6.04 Å². The van der Waals surface area contributed by atoms with E-state index in [4.69, 9.17) is 4.74 Å². The van der Waals surface area contributed by atoms with Gasteiger partial charge in [-0.05, 0) is 26.7 Å². The molecule has 4 atom stereocenters. The zero-order valence-electron chi connectivity index (χ0n) is 8.97. The van der Waals surface area contributed by atoms with E-state index in [2.05, 4.69) is 0 Å². The molecule has 3 fully saturated rings. The number of fused-ring (bicyclic) bond motifs is 5. The molecule has 4 nitrogen and oxygen atoms in total. The fourth-order valence-electron chi connectivity index (χ4n) is 3.24. The Labute approximate surface area is 88.6 Å². The number of imide groups is 1. The van der Waals surface area contributed by atoms with E-state index in [1.807, 2.05) is 13.8 Å². The molecule has 3 aliphatic heterocycles. The topological polar surface area (TPSA) is 46.6 Å². The molecule has 4 heteroatoms.